The summed E-state index contributed by atoms with van der Waals surface area (Å²) < 4.78 is 0. The lowest BCUT2D eigenvalue weighted by atomic mass is 9.94. The van der Waals surface area contributed by atoms with Crippen molar-refractivity contribution in [3.8, 4) is 0 Å². The van der Waals surface area contributed by atoms with E-state index in [0.717, 1.165) is 50.0 Å². The summed E-state index contributed by atoms with van der Waals surface area (Å²) in [4.78, 5) is 45.4. The number of piperidine rings is 1. The zero-order valence-corrected chi connectivity index (χ0v) is 22.4. The van der Waals surface area contributed by atoms with Crippen LogP contribution in [0.15, 0.2) is 48.5 Å². The lowest BCUT2D eigenvalue weighted by molar-refractivity contribution is -0.133. The van der Waals surface area contributed by atoms with Crippen LogP contribution in [-0.4, -0.2) is 66.8 Å². The number of carbonyl (C=O) groups excluding carboxylic acids is 3. The zero-order valence-electron chi connectivity index (χ0n) is 22.4. The van der Waals surface area contributed by atoms with E-state index in [-0.39, 0.29) is 29.6 Å². The first-order valence-electron chi connectivity index (χ1n) is 13.7. The molecule has 1 N–H and O–H groups in total. The van der Waals surface area contributed by atoms with Crippen molar-refractivity contribution in [1.29, 1.82) is 0 Å². The van der Waals surface area contributed by atoms with Gasteiger partial charge in [-0.3, -0.25) is 14.4 Å². The second-order valence-corrected chi connectivity index (χ2v) is 10.4. The first-order valence-corrected chi connectivity index (χ1v) is 13.7. The third kappa shape index (κ3) is 6.32. The molecule has 198 valence electrons. The molecule has 0 bridgehead atoms. The first kappa shape index (κ1) is 26.7. The topological polar surface area (TPSA) is 73.0 Å². The fraction of sp³-hybridized carbons (Fsp3) is 0.500. The molecule has 0 unspecified atom stereocenters. The molecule has 0 aromatic heterocycles. The maximum absolute atomic E-state index is 13.6. The Balaban J connectivity index is 1.51. The predicted octanol–water partition coefficient (Wildman–Crippen LogP) is 4.75. The molecule has 0 radical (unpaired) electrons. The number of nitrogens with one attached hydrogen (secondary N) is 1. The van der Waals surface area contributed by atoms with Crippen LogP contribution in [0.1, 0.15) is 68.3 Å². The van der Waals surface area contributed by atoms with Gasteiger partial charge in [-0.15, -0.1) is 0 Å². The number of amides is 3. The highest BCUT2D eigenvalue weighted by molar-refractivity contribution is 6.02. The third-order valence-corrected chi connectivity index (χ3v) is 7.50. The average molecular weight is 505 g/mol. The number of rotatable bonds is 7. The molecule has 2 saturated heterocycles. The van der Waals surface area contributed by atoms with Crippen LogP contribution < -0.4 is 10.2 Å². The highest BCUT2D eigenvalue weighted by Gasteiger charge is 2.30. The largest absolute Gasteiger partial charge is 0.367 e. The van der Waals surface area contributed by atoms with E-state index in [1.807, 2.05) is 72.2 Å². The van der Waals surface area contributed by atoms with Crippen LogP contribution in [-0.2, 0) is 9.59 Å². The zero-order chi connectivity index (χ0) is 26.4. The van der Waals surface area contributed by atoms with Crippen molar-refractivity contribution in [1.82, 2.24) is 9.80 Å². The maximum atomic E-state index is 13.6. The molecular weight excluding hydrogens is 464 g/mol. The van der Waals surface area contributed by atoms with Crippen LogP contribution >= 0.6 is 0 Å². The Morgan fingerprint density at radius 2 is 1.51 bits per heavy atom. The Hall–Kier alpha value is -3.35. The Bertz CT molecular complexity index is 1090. The normalized spacial score (nSPS) is 17.0. The van der Waals surface area contributed by atoms with Crippen LogP contribution in [0.4, 0.5) is 11.4 Å². The SMILES string of the molecule is CC[C@H](C(=O)N1CCN(c2ccc(NC(=O)C(C)C)cc2C(=O)N2CCCCC2)CC1)c1ccccc1. The number of carbonyl (C=O) groups is 3. The minimum Gasteiger partial charge on any atom is -0.367 e. The smallest absolute Gasteiger partial charge is 0.256 e. The van der Waals surface area contributed by atoms with Crippen molar-refractivity contribution in [2.24, 2.45) is 5.92 Å². The van der Waals surface area contributed by atoms with Crippen LogP contribution in [0.2, 0.25) is 0 Å². The van der Waals surface area contributed by atoms with E-state index in [1.54, 1.807) is 0 Å². The molecule has 2 heterocycles. The Morgan fingerprint density at radius 3 is 2.14 bits per heavy atom. The lowest BCUT2D eigenvalue weighted by Gasteiger charge is -2.38. The predicted molar refractivity (Wildman–Crippen MR) is 148 cm³/mol. The van der Waals surface area contributed by atoms with Gasteiger partial charge in [0.05, 0.1) is 11.5 Å². The number of piperazine rings is 1. The van der Waals surface area contributed by atoms with Crippen LogP contribution in [0.3, 0.4) is 0 Å². The van der Waals surface area contributed by atoms with Gasteiger partial charge in [-0.2, -0.15) is 0 Å². The molecular formula is C30H40N4O3. The molecule has 3 amide bonds. The molecule has 4 rings (SSSR count). The van der Waals surface area contributed by atoms with E-state index in [1.165, 1.54) is 0 Å². The van der Waals surface area contributed by atoms with Crippen molar-refractivity contribution in [3.63, 3.8) is 0 Å². The summed E-state index contributed by atoms with van der Waals surface area (Å²) in [6.45, 7) is 9.85. The quantitative estimate of drug-likeness (QED) is 0.591. The summed E-state index contributed by atoms with van der Waals surface area (Å²) >= 11 is 0. The molecule has 2 fully saturated rings. The lowest BCUT2D eigenvalue weighted by Crippen LogP contribution is -2.50. The van der Waals surface area contributed by atoms with Gasteiger partial charge >= 0.3 is 0 Å². The van der Waals surface area contributed by atoms with Gasteiger partial charge in [0.2, 0.25) is 11.8 Å². The maximum Gasteiger partial charge on any atom is 0.256 e. The molecule has 0 saturated carbocycles. The van der Waals surface area contributed by atoms with Gasteiger partial charge in [-0.1, -0.05) is 51.1 Å². The Morgan fingerprint density at radius 1 is 0.838 bits per heavy atom. The van der Waals surface area contributed by atoms with Crippen molar-refractivity contribution < 1.29 is 14.4 Å². The second-order valence-electron chi connectivity index (χ2n) is 10.4. The van der Waals surface area contributed by atoms with Crippen molar-refractivity contribution in [3.05, 3.63) is 59.7 Å². The summed E-state index contributed by atoms with van der Waals surface area (Å²) in [6, 6.07) is 15.6. The van der Waals surface area contributed by atoms with Gasteiger partial charge in [-0.25, -0.2) is 0 Å². The van der Waals surface area contributed by atoms with Crippen LogP contribution in [0, 0.1) is 5.92 Å². The van der Waals surface area contributed by atoms with E-state index in [4.69, 9.17) is 0 Å². The van der Waals surface area contributed by atoms with Gasteiger partial charge in [0, 0.05) is 56.6 Å². The molecule has 2 aliphatic heterocycles. The molecule has 37 heavy (non-hydrogen) atoms. The number of anilines is 2. The Kier molecular flexibility index (Phi) is 8.85. The Labute approximate surface area is 220 Å². The average Bonchev–Trinajstić information content (AvgIpc) is 2.94. The van der Waals surface area contributed by atoms with Gasteiger partial charge in [-0.05, 0) is 49.4 Å². The van der Waals surface area contributed by atoms with Crippen molar-refractivity contribution in [2.75, 3.05) is 49.5 Å². The molecule has 2 aromatic carbocycles. The van der Waals surface area contributed by atoms with Gasteiger partial charge < -0.3 is 20.0 Å². The second kappa shape index (κ2) is 12.3. The summed E-state index contributed by atoms with van der Waals surface area (Å²) in [5, 5.41) is 2.95. The van der Waals surface area contributed by atoms with E-state index >= 15 is 0 Å². The third-order valence-electron chi connectivity index (χ3n) is 7.50. The van der Waals surface area contributed by atoms with Gasteiger partial charge in [0.1, 0.15) is 0 Å². The minimum atomic E-state index is -0.144. The monoisotopic (exact) mass is 504 g/mol. The van der Waals surface area contributed by atoms with Crippen molar-refractivity contribution in [2.45, 2.75) is 52.4 Å². The number of hydrogen-bond donors (Lipinski definition) is 1. The molecule has 7 nitrogen and oxygen atoms in total. The summed E-state index contributed by atoms with van der Waals surface area (Å²) in [7, 11) is 0. The standard InChI is InChI=1S/C30H40N4O3/c1-4-25(23-11-7-5-8-12-23)29(36)34-19-17-32(18-20-34)27-14-13-24(31-28(35)22(2)3)21-26(27)30(37)33-15-9-6-10-16-33/h5,7-8,11-14,21-22,25H,4,6,9-10,15-20H2,1-3H3,(H,31,35)/t25-/m0/s1. The number of nitrogens with zero attached hydrogens (tertiary/aromatic N) is 3. The van der Waals surface area contributed by atoms with E-state index < -0.39 is 0 Å². The summed E-state index contributed by atoms with van der Waals surface area (Å²) in [5.74, 6) is -0.156. The number of hydrogen-bond acceptors (Lipinski definition) is 4. The fourth-order valence-electron chi connectivity index (χ4n) is 5.24. The van der Waals surface area contributed by atoms with Crippen LogP contribution in [0.25, 0.3) is 0 Å². The molecule has 2 aliphatic rings. The number of benzene rings is 2. The molecule has 0 spiro atoms. The fourth-order valence-corrected chi connectivity index (χ4v) is 5.24. The van der Waals surface area contributed by atoms with Crippen LogP contribution in [0.5, 0.6) is 0 Å². The molecule has 7 heteroatoms. The van der Waals surface area contributed by atoms with Gasteiger partial charge in [0.15, 0.2) is 0 Å². The highest BCUT2D eigenvalue weighted by atomic mass is 16.2. The van der Waals surface area contributed by atoms with E-state index in [2.05, 4.69) is 17.1 Å². The van der Waals surface area contributed by atoms with E-state index in [9.17, 15) is 14.4 Å². The summed E-state index contributed by atoms with van der Waals surface area (Å²) in [5.41, 5.74) is 3.20. The van der Waals surface area contributed by atoms with E-state index in [0.29, 0.717) is 37.4 Å². The molecule has 0 aliphatic carbocycles. The minimum absolute atomic E-state index is 0.0176. The molecule has 1 atom stereocenters. The summed E-state index contributed by atoms with van der Waals surface area (Å²) in [6.07, 6.45) is 3.96. The number of likely N-dealkylation sites (tertiary alicyclic amines) is 1. The molecule has 2 aromatic rings. The first-order chi connectivity index (χ1) is 17.9. The van der Waals surface area contributed by atoms with Gasteiger partial charge in [0.25, 0.3) is 5.91 Å². The van der Waals surface area contributed by atoms with Crippen molar-refractivity contribution >= 4 is 29.1 Å². The highest BCUT2D eigenvalue weighted by Crippen LogP contribution is 2.29.